The number of carbonyl (C=O) groups excluding carboxylic acids is 2. The number of benzene rings is 1. The second-order valence-corrected chi connectivity index (χ2v) is 4.68. The zero-order valence-electron chi connectivity index (χ0n) is 10.7. The van der Waals surface area contributed by atoms with Crippen LogP contribution in [0.3, 0.4) is 0 Å². The van der Waals surface area contributed by atoms with Gasteiger partial charge in [-0.05, 0) is 12.0 Å². The summed E-state index contributed by atoms with van der Waals surface area (Å²) in [4.78, 5) is 25.1. The van der Waals surface area contributed by atoms with Gasteiger partial charge in [-0.25, -0.2) is 4.79 Å². The lowest BCUT2D eigenvalue weighted by Crippen LogP contribution is -2.54. The maximum absolute atomic E-state index is 11.9. The molecule has 1 fully saturated rings. The maximum atomic E-state index is 11.9. The van der Waals surface area contributed by atoms with Gasteiger partial charge in [-0.1, -0.05) is 44.2 Å². The van der Waals surface area contributed by atoms with Crippen LogP contribution in [0.15, 0.2) is 30.3 Å². The fraction of sp³-hybridized carbons (Fsp3) is 0.429. The van der Waals surface area contributed by atoms with Gasteiger partial charge < -0.3 is 4.90 Å². The molecule has 1 saturated heterocycles. The second kappa shape index (κ2) is 5.21. The standard InChI is InChI=1S/C14H18N2O2/c1-3-12(11-7-5-4-6-8-11)16-9-10(2)13(17)15-14(16)18/h4-8,10,12H,3,9H2,1-2H3,(H,15,17,18). The first-order chi connectivity index (χ1) is 8.63. The van der Waals surface area contributed by atoms with Gasteiger partial charge in [0, 0.05) is 6.54 Å². The Bertz CT molecular complexity index is 444. The third-order valence-corrected chi connectivity index (χ3v) is 3.36. The molecule has 3 amide bonds. The smallest absolute Gasteiger partial charge is 0.317 e. The van der Waals surface area contributed by atoms with Gasteiger partial charge in [-0.3, -0.25) is 10.1 Å². The summed E-state index contributed by atoms with van der Waals surface area (Å²) >= 11 is 0. The molecule has 4 heteroatoms. The summed E-state index contributed by atoms with van der Waals surface area (Å²) in [6.45, 7) is 4.37. The van der Waals surface area contributed by atoms with Crippen LogP contribution in [-0.2, 0) is 4.79 Å². The number of amides is 3. The number of nitrogens with one attached hydrogen (secondary N) is 1. The monoisotopic (exact) mass is 246 g/mol. The lowest BCUT2D eigenvalue weighted by molar-refractivity contribution is -0.125. The van der Waals surface area contributed by atoms with E-state index >= 15 is 0 Å². The van der Waals surface area contributed by atoms with E-state index in [0.717, 1.165) is 12.0 Å². The molecule has 1 N–H and O–H groups in total. The molecule has 1 heterocycles. The van der Waals surface area contributed by atoms with Gasteiger partial charge >= 0.3 is 6.03 Å². The predicted molar refractivity (Wildman–Crippen MR) is 68.9 cm³/mol. The maximum Gasteiger partial charge on any atom is 0.324 e. The number of hydrogen-bond donors (Lipinski definition) is 1. The van der Waals surface area contributed by atoms with Crippen molar-refractivity contribution in [2.75, 3.05) is 6.54 Å². The number of urea groups is 1. The highest BCUT2D eigenvalue weighted by Crippen LogP contribution is 2.26. The number of nitrogens with zero attached hydrogens (tertiary/aromatic N) is 1. The number of hydrogen-bond acceptors (Lipinski definition) is 2. The van der Waals surface area contributed by atoms with Crippen LogP contribution in [0.1, 0.15) is 31.9 Å². The molecule has 4 nitrogen and oxygen atoms in total. The Labute approximate surface area is 107 Å². The van der Waals surface area contributed by atoms with Gasteiger partial charge in [-0.15, -0.1) is 0 Å². The largest absolute Gasteiger partial charge is 0.324 e. The molecule has 0 aromatic heterocycles. The van der Waals surface area contributed by atoms with Gasteiger partial charge in [0.1, 0.15) is 0 Å². The summed E-state index contributed by atoms with van der Waals surface area (Å²) in [5.74, 6) is -0.334. The summed E-state index contributed by atoms with van der Waals surface area (Å²) < 4.78 is 0. The van der Waals surface area contributed by atoms with Crippen LogP contribution in [0.4, 0.5) is 4.79 Å². The average molecular weight is 246 g/mol. The molecule has 1 aromatic rings. The van der Waals surface area contributed by atoms with E-state index < -0.39 is 0 Å². The first-order valence-corrected chi connectivity index (χ1v) is 6.30. The van der Waals surface area contributed by atoms with Crippen molar-refractivity contribution >= 4 is 11.9 Å². The molecule has 0 spiro atoms. The molecule has 0 bridgehead atoms. The van der Waals surface area contributed by atoms with E-state index in [1.807, 2.05) is 44.2 Å². The van der Waals surface area contributed by atoms with Crippen molar-refractivity contribution in [3.63, 3.8) is 0 Å². The molecule has 1 aromatic carbocycles. The summed E-state index contributed by atoms with van der Waals surface area (Å²) in [6.07, 6.45) is 0.832. The molecule has 0 radical (unpaired) electrons. The molecule has 2 atom stereocenters. The van der Waals surface area contributed by atoms with Crippen molar-refractivity contribution < 1.29 is 9.59 Å². The van der Waals surface area contributed by atoms with Crippen LogP contribution >= 0.6 is 0 Å². The third kappa shape index (κ3) is 2.37. The fourth-order valence-corrected chi connectivity index (χ4v) is 2.34. The molecule has 1 aliphatic heterocycles. The Morgan fingerprint density at radius 3 is 2.61 bits per heavy atom. The molecule has 2 rings (SSSR count). The Kier molecular flexibility index (Phi) is 3.65. The summed E-state index contributed by atoms with van der Waals surface area (Å²) in [5.41, 5.74) is 1.11. The summed E-state index contributed by atoms with van der Waals surface area (Å²) in [6, 6.07) is 9.67. The SMILES string of the molecule is CCC(c1ccccc1)N1CC(C)C(=O)NC1=O. The molecular weight excluding hydrogens is 228 g/mol. The zero-order chi connectivity index (χ0) is 13.1. The number of carbonyl (C=O) groups is 2. The molecular formula is C14H18N2O2. The van der Waals surface area contributed by atoms with E-state index in [1.54, 1.807) is 4.90 Å². The topological polar surface area (TPSA) is 49.4 Å². The molecule has 0 saturated carbocycles. The summed E-state index contributed by atoms with van der Waals surface area (Å²) in [5, 5.41) is 2.41. The number of rotatable bonds is 3. The minimum absolute atomic E-state index is 0.0294. The normalized spacial score (nSPS) is 21.7. The van der Waals surface area contributed by atoms with E-state index in [2.05, 4.69) is 5.32 Å². The highest BCUT2D eigenvalue weighted by atomic mass is 16.2. The van der Waals surface area contributed by atoms with Gasteiger partial charge in [0.2, 0.25) is 5.91 Å². The number of imide groups is 1. The fourth-order valence-electron chi connectivity index (χ4n) is 2.34. The molecule has 18 heavy (non-hydrogen) atoms. The summed E-state index contributed by atoms with van der Waals surface area (Å²) in [7, 11) is 0. The molecule has 0 aliphatic carbocycles. The van der Waals surface area contributed by atoms with Crippen molar-refractivity contribution in [1.29, 1.82) is 0 Å². The Balaban J connectivity index is 2.23. The Hall–Kier alpha value is -1.84. The minimum atomic E-state index is -0.284. The second-order valence-electron chi connectivity index (χ2n) is 4.68. The van der Waals surface area contributed by atoms with Crippen molar-refractivity contribution in [3.05, 3.63) is 35.9 Å². The lowest BCUT2D eigenvalue weighted by atomic mass is 10.00. The zero-order valence-corrected chi connectivity index (χ0v) is 10.7. The van der Waals surface area contributed by atoms with E-state index in [0.29, 0.717) is 6.54 Å². The predicted octanol–water partition coefficient (Wildman–Crippen LogP) is 2.33. The van der Waals surface area contributed by atoms with Gasteiger partial charge in [0.25, 0.3) is 0 Å². The highest BCUT2D eigenvalue weighted by Gasteiger charge is 2.33. The lowest BCUT2D eigenvalue weighted by Gasteiger charge is -2.36. The first kappa shape index (κ1) is 12.6. The van der Waals surface area contributed by atoms with Gasteiger partial charge in [0.15, 0.2) is 0 Å². The van der Waals surface area contributed by atoms with E-state index in [4.69, 9.17) is 0 Å². The van der Waals surface area contributed by atoms with E-state index in [1.165, 1.54) is 0 Å². The van der Waals surface area contributed by atoms with Gasteiger partial charge in [-0.2, -0.15) is 0 Å². The van der Waals surface area contributed by atoms with Crippen LogP contribution in [-0.4, -0.2) is 23.4 Å². The van der Waals surface area contributed by atoms with Crippen LogP contribution in [0, 0.1) is 5.92 Å². The first-order valence-electron chi connectivity index (χ1n) is 6.30. The van der Waals surface area contributed by atoms with Crippen molar-refractivity contribution in [1.82, 2.24) is 10.2 Å². The van der Waals surface area contributed by atoms with Crippen LogP contribution in [0.5, 0.6) is 0 Å². The Morgan fingerprint density at radius 1 is 1.33 bits per heavy atom. The van der Waals surface area contributed by atoms with Crippen molar-refractivity contribution in [2.24, 2.45) is 5.92 Å². The molecule has 1 aliphatic rings. The molecule has 2 unspecified atom stereocenters. The Morgan fingerprint density at radius 2 is 2.00 bits per heavy atom. The van der Waals surface area contributed by atoms with Crippen molar-refractivity contribution in [2.45, 2.75) is 26.3 Å². The molecule has 96 valence electrons. The van der Waals surface area contributed by atoms with E-state index in [9.17, 15) is 9.59 Å². The average Bonchev–Trinajstić information content (AvgIpc) is 2.38. The highest BCUT2D eigenvalue weighted by molar-refractivity contribution is 5.97. The van der Waals surface area contributed by atoms with Crippen LogP contribution in [0.2, 0.25) is 0 Å². The van der Waals surface area contributed by atoms with Crippen LogP contribution < -0.4 is 5.32 Å². The van der Waals surface area contributed by atoms with E-state index in [-0.39, 0.29) is 23.9 Å². The van der Waals surface area contributed by atoms with Gasteiger partial charge in [0.05, 0.1) is 12.0 Å². The van der Waals surface area contributed by atoms with Crippen molar-refractivity contribution in [3.8, 4) is 0 Å². The third-order valence-electron chi connectivity index (χ3n) is 3.36. The minimum Gasteiger partial charge on any atom is -0.317 e. The van der Waals surface area contributed by atoms with Crippen LogP contribution in [0.25, 0.3) is 0 Å². The quantitative estimate of drug-likeness (QED) is 0.889.